The third kappa shape index (κ3) is 6.88. The van der Waals surface area contributed by atoms with Gasteiger partial charge in [-0.1, -0.05) is 53.1 Å². The van der Waals surface area contributed by atoms with E-state index in [2.05, 4.69) is 63.3 Å². The number of amides is 2. The van der Waals surface area contributed by atoms with E-state index < -0.39 is 14.1 Å². The van der Waals surface area contributed by atoms with E-state index in [1.807, 2.05) is 30.3 Å². The molecule has 0 radical (unpaired) electrons. The quantitative estimate of drug-likeness (QED) is 0.191. The van der Waals surface area contributed by atoms with Crippen molar-refractivity contribution in [2.75, 3.05) is 16.8 Å². The highest BCUT2D eigenvalue weighted by Gasteiger charge is 2.58. The number of nitrogens with zero attached hydrogens (tertiary/aromatic N) is 2. The van der Waals surface area contributed by atoms with E-state index in [0.29, 0.717) is 69.0 Å². The van der Waals surface area contributed by atoms with Crippen molar-refractivity contribution in [1.82, 2.24) is 4.98 Å². The van der Waals surface area contributed by atoms with Gasteiger partial charge in [-0.2, -0.15) is 0 Å². The number of carbonyl (C=O) groups excluding carboxylic acids is 2. The zero-order chi connectivity index (χ0) is 33.5. The van der Waals surface area contributed by atoms with Gasteiger partial charge in [0.15, 0.2) is 0 Å². The highest BCUT2D eigenvalue weighted by atomic mass is 35.5. The maximum Gasteiger partial charge on any atom is 0.303 e. The maximum absolute atomic E-state index is 14.9. The van der Waals surface area contributed by atoms with Crippen LogP contribution in [-0.4, -0.2) is 37.5 Å². The Hall–Kier alpha value is -2.82. The molecule has 252 valence electrons. The monoisotopic (exact) mass is 673 g/mol. The van der Waals surface area contributed by atoms with Crippen molar-refractivity contribution in [3.05, 3.63) is 47.7 Å². The predicted molar refractivity (Wildman–Crippen MR) is 193 cm³/mol. The molecule has 5 aliphatic carbocycles. The summed E-state index contributed by atoms with van der Waals surface area (Å²) in [5.41, 5.74) is 5.67. The number of aromatic nitrogens is 1. The molecular weight excluding hydrogens is 622 g/mol. The lowest BCUT2D eigenvalue weighted by molar-refractivity contribution is -0.132. The molecule has 6 nitrogen and oxygen atoms in total. The third-order valence-corrected chi connectivity index (χ3v) is 18.5. The molecular formula is C39H52ClN3O3Si. The molecule has 2 amide bonds. The topological polar surface area (TPSA) is 71.5 Å². The van der Waals surface area contributed by atoms with Crippen LogP contribution in [0.4, 0.5) is 11.4 Å². The van der Waals surface area contributed by atoms with Crippen LogP contribution >= 0.6 is 11.6 Å². The van der Waals surface area contributed by atoms with Crippen molar-refractivity contribution in [1.29, 1.82) is 0 Å². The molecule has 1 atom stereocenters. The minimum absolute atomic E-state index is 0.180. The van der Waals surface area contributed by atoms with Gasteiger partial charge in [-0.3, -0.25) is 19.5 Å². The van der Waals surface area contributed by atoms with Crippen molar-refractivity contribution in [2.24, 2.45) is 29.1 Å². The lowest BCUT2D eigenvalue weighted by atomic mass is 9.47. The van der Waals surface area contributed by atoms with Gasteiger partial charge in [0.25, 0.3) is 0 Å². The predicted octanol–water partition coefficient (Wildman–Crippen LogP) is 9.30. The second-order valence-electron chi connectivity index (χ2n) is 16.1. The highest BCUT2D eigenvalue weighted by Crippen LogP contribution is 2.62. The Morgan fingerprint density at radius 2 is 1.62 bits per heavy atom. The Bertz CT molecular complexity index is 1470. The first-order valence-electron chi connectivity index (χ1n) is 17.9. The summed E-state index contributed by atoms with van der Waals surface area (Å²) in [4.78, 5) is 35.6. The van der Waals surface area contributed by atoms with Crippen molar-refractivity contribution in [3.8, 4) is 17.2 Å². The number of hydrogen-bond donors (Lipinski definition) is 1. The van der Waals surface area contributed by atoms with Crippen LogP contribution in [0, 0.1) is 40.6 Å². The lowest BCUT2D eigenvalue weighted by Gasteiger charge is -2.60. The SMILES string of the molecule is CC(C)[Si](C#CC(=O)N(c1ccc(OCC2CC2)c(Cl)c1)C(C(=O)Nc1cccnc1)C12CC3CC(CC(C3)C1)C2)(C(C)C)C(C)C. The first-order valence-corrected chi connectivity index (χ1v) is 20.5. The van der Waals surface area contributed by atoms with E-state index in [0.717, 1.165) is 19.3 Å². The zero-order valence-electron chi connectivity index (χ0n) is 29.0. The molecule has 1 N–H and O–H groups in total. The Kier molecular flexibility index (Phi) is 9.85. The average Bonchev–Trinajstić information content (AvgIpc) is 3.83. The van der Waals surface area contributed by atoms with Crippen LogP contribution in [0.25, 0.3) is 0 Å². The van der Waals surface area contributed by atoms with Gasteiger partial charge in [0.05, 0.1) is 23.5 Å². The number of ether oxygens (including phenoxy) is 1. The second kappa shape index (κ2) is 13.6. The van der Waals surface area contributed by atoms with E-state index in [1.54, 1.807) is 17.3 Å². The largest absolute Gasteiger partial charge is 0.492 e. The first kappa shape index (κ1) is 34.1. The number of carbonyl (C=O) groups is 2. The summed E-state index contributed by atoms with van der Waals surface area (Å²) in [6.45, 7) is 14.2. The molecule has 4 bridgehead atoms. The fraction of sp³-hybridized carbons (Fsp3) is 0.615. The highest BCUT2D eigenvalue weighted by molar-refractivity contribution is 6.90. The van der Waals surface area contributed by atoms with Crippen LogP contribution in [-0.2, 0) is 9.59 Å². The van der Waals surface area contributed by atoms with E-state index in [1.165, 1.54) is 32.1 Å². The van der Waals surface area contributed by atoms with Gasteiger partial charge in [0.2, 0.25) is 5.91 Å². The summed E-state index contributed by atoms with van der Waals surface area (Å²) in [5, 5.41) is 3.62. The number of hydrogen-bond acceptors (Lipinski definition) is 4. The molecule has 0 aliphatic heterocycles. The smallest absolute Gasteiger partial charge is 0.303 e. The zero-order valence-corrected chi connectivity index (χ0v) is 30.8. The standard InChI is InChI=1S/C39H52ClN3O3Si/c1-25(2)47(26(3)4,27(5)6)15-13-36(44)43(33-11-12-35(34(40)19-33)46-24-28-9-10-28)37(38(45)42-32-8-7-14-41-23-32)39-20-29-16-30(21-39)18-31(17-29)22-39/h7-8,11-12,14,19,23,25-31,37H,9-10,16-18,20-22,24H2,1-6H3,(H,42,45). The molecule has 2 aromatic rings. The Morgan fingerprint density at radius 3 is 2.13 bits per heavy atom. The lowest BCUT2D eigenvalue weighted by Crippen LogP contribution is -2.62. The van der Waals surface area contributed by atoms with Crippen molar-refractivity contribution in [2.45, 2.75) is 116 Å². The summed E-state index contributed by atoms with van der Waals surface area (Å²) < 4.78 is 6.07. The molecule has 0 saturated heterocycles. The van der Waals surface area contributed by atoms with Crippen LogP contribution in [0.5, 0.6) is 5.75 Å². The van der Waals surface area contributed by atoms with Gasteiger partial charge in [-0.15, -0.1) is 5.54 Å². The van der Waals surface area contributed by atoms with Gasteiger partial charge in [-0.05, 0) is 128 Å². The van der Waals surface area contributed by atoms with Crippen molar-refractivity contribution in [3.63, 3.8) is 0 Å². The molecule has 7 rings (SSSR count). The van der Waals surface area contributed by atoms with Crippen LogP contribution in [0.1, 0.15) is 92.9 Å². The fourth-order valence-corrected chi connectivity index (χ4v) is 15.5. The van der Waals surface area contributed by atoms with E-state index in [9.17, 15) is 9.59 Å². The average molecular weight is 674 g/mol. The second-order valence-corrected chi connectivity index (χ2v) is 22.1. The Labute approximate surface area is 287 Å². The fourth-order valence-electron chi connectivity index (χ4n) is 10.1. The van der Waals surface area contributed by atoms with Crippen LogP contribution in [0.15, 0.2) is 42.7 Å². The summed E-state index contributed by atoms with van der Waals surface area (Å²) >= 11 is 6.89. The number of anilines is 2. The van der Waals surface area contributed by atoms with Gasteiger partial charge in [-0.25, -0.2) is 0 Å². The van der Waals surface area contributed by atoms with E-state index in [4.69, 9.17) is 16.3 Å². The molecule has 0 spiro atoms. The van der Waals surface area contributed by atoms with Gasteiger partial charge in [0.1, 0.15) is 19.9 Å². The molecule has 47 heavy (non-hydrogen) atoms. The molecule has 5 saturated carbocycles. The van der Waals surface area contributed by atoms with Crippen LogP contribution in [0.2, 0.25) is 21.6 Å². The molecule has 1 heterocycles. The summed E-state index contributed by atoms with van der Waals surface area (Å²) in [6.07, 6.45) is 12.3. The third-order valence-electron chi connectivity index (χ3n) is 11.9. The van der Waals surface area contributed by atoms with Gasteiger partial charge >= 0.3 is 5.91 Å². The van der Waals surface area contributed by atoms with Gasteiger partial charge in [0, 0.05) is 17.3 Å². The number of benzene rings is 1. The first-order chi connectivity index (χ1) is 22.4. The van der Waals surface area contributed by atoms with Crippen LogP contribution in [0.3, 0.4) is 0 Å². The Balaban J connectivity index is 1.47. The molecule has 1 aromatic carbocycles. The number of halogens is 1. The summed E-state index contributed by atoms with van der Waals surface area (Å²) in [7, 11) is -2.23. The number of rotatable bonds is 11. The minimum Gasteiger partial charge on any atom is -0.492 e. The van der Waals surface area contributed by atoms with Gasteiger partial charge < -0.3 is 10.1 Å². The van der Waals surface area contributed by atoms with Crippen molar-refractivity contribution < 1.29 is 14.3 Å². The van der Waals surface area contributed by atoms with E-state index >= 15 is 0 Å². The molecule has 8 heteroatoms. The number of pyridine rings is 1. The van der Waals surface area contributed by atoms with Crippen molar-refractivity contribution >= 4 is 42.9 Å². The Morgan fingerprint density at radius 1 is 1.00 bits per heavy atom. The molecule has 1 aromatic heterocycles. The summed E-state index contributed by atoms with van der Waals surface area (Å²) in [5.74, 6) is 5.66. The molecule has 5 aliphatic rings. The van der Waals surface area contributed by atoms with Crippen LogP contribution < -0.4 is 15.0 Å². The normalized spacial score (nSPS) is 25.4. The number of nitrogens with one attached hydrogen (secondary N) is 1. The maximum atomic E-state index is 14.9. The molecule has 5 fully saturated rings. The van der Waals surface area contributed by atoms with E-state index in [-0.39, 0.29) is 17.2 Å². The summed E-state index contributed by atoms with van der Waals surface area (Å²) in [6, 6.07) is 8.50. The minimum atomic E-state index is -2.23. The molecule has 1 unspecified atom stereocenters.